The molecule has 0 aliphatic carbocycles. The summed E-state index contributed by atoms with van der Waals surface area (Å²) in [5, 5.41) is 7.86. The Morgan fingerprint density at radius 2 is 0.898 bits per heavy atom. The van der Waals surface area contributed by atoms with E-state index in [1.165, 1.54) is 5.39 Å². The molecule has 10 aromatic rings. The van der Waals surface area contributed by atoms with Crippen molar-refractivity contribution in [2.45, 2.75) is 0 Å². The Morgan fingerprint density at radius 3 is 1.61 bits per heavy atom. The van der Waals surface area contributed by atoms with Crippen LogP contribution in [0.3, 0.4) is 0 Å². The molecule has 0 aliphatic heterocycles. The number of furan rings is 1. The average Bonchev–Trinajstić information content (AvgIpc) is 3.59. The van der Waals surface area contributed by atoms with Crippen molar-refractivity contribution in [1.29, 1.82) is 0 Å². The quantitative estimate of drug-likeness (QED) is 0.177. The molecule has 0 radical (unpaired) electrons. The molecule has 0 aliphatic rings. The van der Waals surface area contributed by atoms with Crippen molar-refractivity contribution < 1.29 is 9.90 Å². The topological polar surface area (TPSA) is 13.1 Å². The predicted octanol–water partition coefficient (Wildman–Crippen LogP) is 13.7. The van der Waals surface area contributed by atoms with E-state index in [0.717, 1.165) is 60.0 Å². The lowest BCUT2D eigenvalue weighted by molar-refractivity contribution is 0.670. The summed E-state index contributed by atoms with van der Waals surface area (Å²) in [6.45, 7) is 0. The van der Waals surface area contributed by atoms with E-state index in [1.54, 1.807) is 0 Å². The summed E-state index contributed by atoms with van der Waals surface area (Å²) < 4.78 is 44.5. The monoisotopic (exact) mass is 626 g/mol. The van der Waals surface area contributed by atoms with Crippen LogP contribution in [0.25, 0.3) is 98.8 Å². The van der Waals surface area contributed by atoms with Crippen molar-refractivity contribution in [2.75, 3.05) is 0 Å². The van der Waals surface area contributed by atoms with E-state index in [9.17, 15) is 5.48 Å². The molecular weight excluding hydrogens is 593 g/mol. The summed E-state index contributed by atoms with van der Waals surface area (Å²) >= 11 is 0. The van der Waals surface area contributed by atoms with Gasteiger partial charge in [-0.3, -0.25) is 0 Å². The smallest absolute Gasteiger partial charge is 0.143 e. The zero-order valence-electron chi connectivity index (χ0n) is 30.4. The molecule has 49 heavy (non-hydrogen) atoms. The standard InChI is InChI=1S/C48H30O/c1-2-12-33(13-3-1)46-40-15-6-8-17-42(40)47(43-18-9-7-16-41(43)46)34-24-22-32(23-25-34)38-19-10-20-44-39-28-27-37(30-45(39)49-48(38)44)36-26-21-31-11-4-5-14-35(31)29-36/h1-30H/i22D,23D,24D,25D. The SMILES string of the molecule is [2H]c1c([2H])c(-c2cccc3c2oc2cc(-c4ccc5ccccc5c4)ccc23)c([2H])c([2H])c1-c1c2ccccc2c(-c2ccccc2)c2ccccc12. The van der Waals surface area contributed by atoms with Crippen LogP contribution in [0.5, 0.6) is 0 Å². The molecule has 9 aromatic carbocycles. The van der Waals surface area contributed by atoms with Crippen molar-refractivity contribution in [2.24, 2.45) is 0 Å². The molecule has 0 spiro atoms. The fourth-order valence-corrected chi connectivity index (χ4v) is 7.43. The van der Waals surface area contributed by atoms with Gasteiger partial charge in [0.2, 0.25) is 0 Å². The summed E-state index contributed by atoms with van der Waals surface area (Å²) in [4.78, 5) is 0. The Balaban J connectivity index is 1.18. The second kappa shape index (κ2) is 11.1. The van der Waals surface area contributed by atoms with Gasteiger partial charge in [0, 0.05) is 16.3 Å². The third kappa shape index (κ3) is 4.47. The Hall–Kier alpha value is -6.44. The van der Waals surface area contributed by atoms with Gasteiger partial charge in [-0.1, -0.05) is 164 Å². The fourth-order valence-electron chi connectivity index (χ4n) is 7.43. The number of hydrogen-bond acceptors (Lipinski definition) is 1. The molecule has 0 amide bonds. The van der Waals surface area contributed by atoms with Crippen LogP contribution in [-0.2, 0) is 0 Å². The van der Waals surface area contributed by atoms with Gasteiger partial charge in [-0.2, -0.15) is 0 Å². The van der Waals surface area contributed by atoms with Crippen LogP contribution in [0.4, 0.5) is 0 Å². The minimum atomic E-state index is -0.105. The maximum Gasteiger partial charge on any atom is 0.143 e. The Morgan fingerprint density at radius 1 is 0.347 bits per heavy atom. The first-order chi connectivity index (χ1) is 26.0. The second-order valence-electron chi connectivity index (χ2n) is 12.5. The maximum absolute atomic E-state index is 9.50. The van der Waals surface area contributed by atoms with Gasteiger partial charge in [0.25, 0.3) is 0 Å². The normalized spacial score (nSPS) is 12.8. The summed E-state index contributed by atoms with van der Waals surface area (Å²) in [5.41, 5.74) is 7.22. The minimum absolute atomic E-state index is 0.0875. The Labute approximate surface area is 289 Å². The first-order valence-corrected chi connectivity index (χ1v) is 16.5. The number of benzene rings is 9. The van der Waals surface area contributed by atoms with Gasteiger partial charge in [0.15, 0.2) is 0 Å². The molecule has 0 bridgehead atoms. The predicted molar refractivity (Wildman–Crippen MR) is 208 cm³/mol. The van der Waals surface area contributed by atoms with E-state index in [4.69, 9.17) is 4.42 Å². The summed E-state index contributed by atoms with van der Waals surface area (Å²) in [6, 6.07) is 52.6. The molecule has 0 N–H and O–H groups in total. The summed E-state index contributed by atoms with van der Waals surface area (Å²) in [5.74, 6) is 0. The molecule has 1 nitrogen and oxygen atoms in total. The molecule has 0 saturated heterocycles. The molecular formula is C48H30O. The third-order valence-electron chi connectivity index (χ3n) is 9.72. The van der Waals surface area contributed by atoms with Crippen LogP contribution in [0.15, 0.2) is 186 Å². The maximum atomic E-state index is 9.50. The van der Waals surface area contributed by atoms with Crippen LogP contribution in [0.2, 0.25) is 0 Å². The highest BCUT2D eigenvalue weighted by atomic mass is 16.3. The molecule has 10 rings (SSSR count). The van der Waals surface area contributed by atoms with E-state index in [1.807, 2.05) is 91.0 Å². The van der Waals surface area contributed by atoms with Gasteiger partial charge >= 0.3 is 0 Å². The first-order valence-electron chi connectivity index (χ1n) is 18.5. The zero-order valence-corrected chi connectivity index (χ0v) is 26.4. The van der Waals surface area contributed by atoms with E-state index in [-0.39, 0.29) is 35.3 Å². The number of para-hydroxylation sites is 1. The van der Waals surface area contributed by atoms with Crippen LogP contribution in [0.1, 0.15) is 5.48 Å². The Kier molecular flexibility index (Phi) is 5.38. The minimum Gasteiger partial charge on any atom is -0.455 e. The van der Waals surface area contributed by atoms with Crippen LogP contribution in [0, 0.1) is 0 Å². The van der Waals surface area contributed by atoms with E-state index < -0.39 is 0 Å². The number of rotatable bonds is 4. The second-order valence-corrected chi connectivity index (χ2v) is 12.5. The van der Waals surface area contributed by atoms with Crippen molar-refractivity contribution in [3.8, 4) is 44.5 Å². The molecule has 1 heteroatoms. The molecule has 228 valence electrons. The van der Waals surface area contributed by atoms with Crippen LogP contribution in [-0.4, -0.2) is 0 Å². The van der Waals surface area contributed by atoms with Crippen molar-refractivity contribution in [1.82, 2.24) is 0 Å². The van der Waals surface area contributed by atoms with E-state index in [2.05, 4.69) is 66.7 Å². The van der Waals surface area contributed by atoms with E-state index >= 15 is 0 Å². The van der Waals surface area contributed by atoms with Gasteiger partial charge in [-0.15, -0.1) is 0 Å². The lowest BCUT2D eigenvalue weighted by Gasteiger charge is -2.18. The molecule has 0 unspecified atom stereocenters. The van der Waals surface area contributed by atoms with Gasteiger partial charge in [0.1, 0.15) is 11.2 Å². The third-order valence-corrected chi connectivity index (χ3v) is 9.72. The lowest BCUT2D eigenvalue weighted by Crippen LogP contribution is -1.90. The van der Waals surface area contributed by atoms with Crippen molar-refractivity contribution in [3.63, 3.8) is 0 Å². The average molecular weight is 627 g/mol. The molecule has 0 atom stereocenters. The van der Waals surface area contributed by atoms with Gasteiger partial charge < -0.3 is 4.42 Å². The van der Waals surface area contributed by atoms with Gasteiger partial charge in [0.05, 0.1) is 5.48 Å². The number of hydrogen-bond donors (Lipinski definition) is 0. The highest BCUT2D eigenvalue weighted by Crippen LogP contribution is 2.44. The summed E-state index contributed by atoms with van der Waals surface area (Å²) in [7, 11) is 0. The highest BCUT2D eigenvalue weighted by molar-refractivity contribution is 6.21. The molecule has 1 aromatic heterocycles. The van der Waals surface area contributed by atoms with Gasteiger partial charge in [-0.05, 0) is 89.5 Å². The number of fused-ring (bicyclic) bond motifs is 6. The van der Waals surface area contributed by atoms with Crippen molar-refractivity contribution in [3.05, 3.63) is 182 Å². The van der Waals surface area contributed by atoms with Crippen molar-refractivity contribution >= 4 is 54.3 Å². The molecule has 1 heterocycles. The molecule has 0 saturated carbocycles. The van der Waals surface area contributed by atoms with Crippen LogP contribution < -0.4 is 0 Å². The van der Waals surface area contributed by atoms with Gasteiger partial charge in [-0.25, -0.2) is 0 Å². The summed E-state index contributed by atoms with van der Waals surface area (Å²) in [6.07, 6.45) is 0. The zero-order chi connectivity index (χ0) is 35.8. The molecule has 0 fully saturated rings. The fraction of sp³-hybridized carbons (Fsp3) is 0. The first kappa shape index (κ1) is 23.8. The lowest BCUT2D eigenvalue weighted by atomic mass is 9.85. The Bertz CT molecular complexity index is 3020. The highest BCUT2D eigenvalue weighted by Gasteiger charge is 2.17. The van der Waals surface area contributed by atoms with E-state index in [0.29, 0.717) is 22.3 Å². The van der Waals surface area contributed by atoms with Crippen LogP contribution >= 0.6 is 0 Å². The largest absolute Gasteiger partial charge is 0.455 e.